The molecule has 0 unspecified atom stereocenters. The number of rotatable bonds is 5. The molecule has 0 spiro atoms. The molecule has 1 amide bonds. The topological polar surface area (TPSA) is 68.0 Å². The van der Waals surface area contributed by atoms with Gasteiger partial charge in [-0.15, -0.1) is 10.2 Å². The number of nitrogens with one attached hydrogen (secondary N) is 1. The first-order chi connectivity index (χ1) is 13.6. The molecule has 0 saturated carbocycles. The van der Waals surface area contributed by atoms with Gasteiger partial charge in [0, 0.05) is 11.3 Å². The van der Waals surface area contributed by atoms with Crippen LogP contribution in [0.3, 0.4) is 0 Å². The molecule has 0 radical (unpaired) electrons. The molecule has 1 heterocycles. The van der Waals surface area contributed by atoms with E-state index in [-0.39, 0.29) is 22.8 Å². The van der Waals surface area contributed by atoms with Crippen molar-refractivity contribution in [2.75, 3.05) is 5.32 Å². The van der Waals surface area contributed by atoms with Crippen LogP contribution >= 0.6 is 11.8 Å². The number of aromatic nitrogens is 2. The van der Waals surface area contributed by atoms with E-state index in [0.29, 0.717) is 5.56 Å². The van der Waals surface area contributed by atoms with Crippen molar-refractivity contribution in [1.29, 1.82) is 0 Å². The Morgan fingerprint density at radius 3 is 2.57 bits per heavy atom. The molecule has 7 heteroatoms. The lowest BCUT2D eigenvalue weighted by molar-refractivity contribution is -0.115. The average Bonchev–Trinajstić information content (AvgIpc) is 3.17. The zero-order chi connectivity index (χ0) is 19.5. The Bertz CT molecular complexity index is 1130. The minimum absolute atomic E-state index is 0.165. The van der Waals surface area contributed by atoms with E-state index >= 15 is 0 Å². The van der Waals surface area contributed by atoms with Crippen molar-refractivity contribution in [3.05, 3.63) is 72.5 Å². The Kier molecular flexibility index (Phi) is 5.08. The van der Waals surface area contributed by atoms with Crippen molar-refractivity contribution < 1.29 is 13.6 Å². The third-order valence-corrected chi connectivity index (χ3v) is 5.10. The smallest absolute Gasteiger partial charge is 0.277 e. The lowest BCUT2D eigenvalue weighted by Gasteiger charge is -2.10. The largest absolute Gasteiger partial charge is 0.411 e. The van der Waals surface area contributed by atoms with Crippen molar-refractivity contribution >= 4 is 34.1 Å². The van der Waals surface area contributed by atoms with E-state index in [1.165, 1.54) is 23.9 Å². The summed E-state index contributed by atoms with van der Waals surface area (Å²) in [5.74, 6) is -0.219. The fraction of sp³-hybridized carbons (Fsp3) is 0.0952. The second-order valence-electron chi connectivity index (χ2n) is 6.19. The normalized spacial score (nSPS) is 12.1. The first-order valence-corrected chi connectivity index (χ1v) is 9.52. The SMILES string of the molecule is C[C@@H](Sc1nnc(-c2ccc(F)cc2)o1)C(=O)Nc1ccc2ccccc2c1. The summed E-state index contributed by atoms with van der Waals surface area (Å²) in [6.45, 7) is 1.77. The van der Waals surface area contributed by atoms with Gasteiger partial charge in [-0.1, -0.05) is 42.1 Å². The lowest BCUT2D eigenvalue weighted by atomic mass is 10.1. The predicted octanol–water partition coefficient (Wildman–Crippen LogP) is 5.15. The highest BCUT2D eigenvalue weighted by Gasteiger charge is 2.19. The van der Waals surface area contributed by atoms with Crippen LogP contribution in [0.4, 0.5) is 10.1 Å². The van der Waals surface area contributed by atoms with Crippen LogP contribution in [0, 0.1) is 5.82 Å². The zero-order valence-corrected chi connectivity index (χ0v) is 15.7. The van der Waals surface area contributed by atoms with Gasteiger partial charge < -0.3 is 9.73 Å². The molecule has 0 aliphatic heterocycles. The zero-order valence-electron chi connectivity index (χ0n) is 14.9. The molecule has 5 nitrogen and oxygen atoms in total. The van der Waals surface area contributed by atoms with Crippen LogP contribution in [0.25, 0.3) is 22.2 Å². The van der Waals surface area contributed by atoms with Gasteiger partial charge in [0.15, 0.2) is 0 Å². The molecule has 0 fully saturated rings. The summed E-state index contributed by atoms with van der Waals surface area (Å²) in [6.07, 6.45) is 0. The first kappa shape index (κ1) is 18.2. The van der Waals surface area contributed by atoms with Gasteiger partial charge in [-0.05, 0) is 54.1 Å². The number of carbonyl (C=O) groups is 1. The maximum atomic E-state index is 13.0. The molecule has 0 aliphatic rings. The van der Waals surface area contributed by atoms with E-state index < -0.39 is 5.25 Å². The molecule has 1 atom stereocenters. The number of nitrogens with zero attached hydrogens (tertiary/aromatic N) is 2. The number of benzene rings is 3. The van der Waals surface area contributed by atoms with E-state index in [9.17, 15) is 9.18 Å². The number of fused-ring (bicyclic) bond motifs is 1. The van der Waals surface area contributed by atoms with Gasteiger partial charge in [0.05, 0.1) is 5.25 Å². The van der Waals surface area contributed by atoms with Crippen LogP contribution in [-0.4, -0.2) is 21.4 Å². The maximum absolute atomic E-state index is 13.0. The molecule has 4 rings (SSSR count). The van der Waals surface area contributed by atoms with Gasteiger partial charge in [-0.2, -0.15) is 0 Å². The Labute approximate surface area is 165 Å². The second kappa shape index (κ2) is 7.82. The lowest BCUT2D eigenvalue weighted by Crippen LogP contribution is -2.22. The molecular weight excluding hydrogens is 377 g/mol. The Hall–Kier alpha value is -3.19. The van der Waals surface area contributed by atoms with Gasteiger partial charge in [0.1, 0.15) is 5.82 Å². The number of halogens is 1. The molecule has 28 heavy (non-hydrogen) atoms. The minimum atomic E-state index is -0.437. The molecule has 140 valence electrons. The highest BCUT2D eigenvalue weighted by atomic mass is 32.2. The number of carbonyl (C=O) groups excluding carboxylic acids is 1. The van der Waals surface area contributed by atoms with E-state index in [1.807, 2.05) is 42.5 Å². The maximum Gasteiger partial charge on any atom is 0.277 e. The summed E-state index contributed by atoms with van der Waals surface area (Å²) < 4.78 is 18.6. The van der Waals surface area contributed by atoms with Crippen molar-refractivity contribution in [2.45, 2.75) is 17.4 Å². The third kappa shape index (κ3) is 4.04. The van der Waals surface area contributed by atoms with Crippen LogP contribution in [-0.2, 0) is 4.79 Å². The fourth-order valence-corrected chi connectivity index (χ4v) is 3.37. The molecule has 0 saturated heterocycles. The summed E-state index contributed by atoms with van der Waals surface area (Å²) in [5.41, 5.74) is 1.35. The number of thioether (sulfide) groups is 1. The molecule has 0 aliphatic carbocycles. The number of hydrogen-bond acceptors (Lipinski definition) is 5. The molecular formula is C21H16FN3O2S. The highest BCUT2D eigenvalue weighted by molar-refractivity contribution is 8.00. The van der Waals surface area contributed by atoms with Crippen LogP contribution in [0.5, 0.6) is 0 Å². The third-order valence-electron chi connectivity index (χ3n) is 4.16. The van der Waals surface area contributed by atoms with Gasteiger partial charge in [-0.25, -0.2) is 4.39 Å². The first-order valence-electron chi connectivity index (χ1n) is 8.64. The molecule has 4 aromatic rings. The molecule has 3 aromatic carbocycles. The van der Waals surface area contributed by atoms with Crippen LogP contribution < -0.4 is 5.32 Å². The average molecular weight is 393 g/mol. The fourth-order valence-electron chi connectivity index (χ4n) is 2.68. The Morgan fingerprint density at radius 1 is 1.04 bits per heavy atom. The van der Waals surface area contributed by atoms with E-state index in [0.717, 1.165) is 16.5 Å². The molecule has 0 bridgehead atoms. The van der Waals surface area contributed by atoms with Gasteiger partial charge in [-0.3, -0.25) is 4.79 Å². The van der Waals surface area contributed by atoms with Crippen LogP contribution in [0.15, 0.2) is 76.4 Å². The van der Waals surface area contributed by atoms with Crippen molar-refractivity contribution in [2.24, 2.45) is 0 Å². The monoisotopic (exact) mass is 393 g/mol. The number of anilines is 1. The summed E-state index contributed by atoms with van der Waals surface area (Å²) in [4.78, 5) is 12.5. The van der Waals surface area contributed by atoms with Crippen molar-refractivity contribution in [3.63, 3.8) is 0 Å². The summed E-state index contributed by atoms with van der Waals surface area (Å²) in [6, 6.07) is 19.5. The molecule has 1 N–H and O–H groups in total. The van der Waals surface area contributed by atoms with E-state index in [2.05, 4.69) is 15.5 Å². The number of amides is 1. The Balaban J connectivity index is 1.42. The van der Waals surface area contributed by atoms with Gasteiger partial charge in [0.25, 0.3) is 5.22 Å². The van der Waals surface area contributed by atoms with Crippen molar-refractivity contribution in [1.82, 2.24) is 10.2 Å². The summed E-state index contributed by atoms with van der Waals surface area (Å²) in [5, 5.41) is 12.8. The van der Waals surface area contributed by atoms with E-state index in [4.69, 9.17) is 4.42 Å². The number of hydrogen-bond donors (Lipinski definition) is 1. The van der Waals surface area contributed by atoms with Crippen LogP contribution in [0.2, 0.25) is 0 Å². The standard InChI is InChI=1S/C21H16FN3O2S/c1-13(19(26)23-18-11-8-14-4-2-3-5-16(14)12-18)28-21-25-24-20(27-21)15-6-9-17(22)10-7-15/h2-13H,1H3,(H,23,26)/t13-/m1/s1. The van der Waals surface area contributed by atoms with Crippen molar-refractivity contribution in [3.8, 4) is 11.5 Å². The highest BCUT2D eigenvalue weighted by Crippen LogP contribution is 2.27. The predicted molar refractivity (Wildman–Crippen MR) is 108 cm³/mol. The Morgan fingerprint density at radius 2 is 1.79 bits per heavy atom. The minimum Gasteiger partial charge on any atom is -0.411 e. The second-order valence-corrected chi connectivity index (χ2v) is 7.48. The summed E-state index contributed by atoms with van der Waals surface area (Å²) >= 11 is 1.17. The van der Waals surface area contributed by atoms with Crippen LogP contribution in [0.1, 0.15) is 6.92 Å². The molecule has 1 aromatic heterocycles. The van der Waals surface area contributed by atoms with E-state index in [1.54, 1.807) is 19.1 Å². The quantitative estimate of drug-likeness (QED) is 0.475. The summed E-state index contributed by atoms with van der Waals surface area (Å²) in [7, 11) is 0. The van der Waals surface area contributed by atoms with Gasteiger partial charge >= 0.3 is 0 Å². The van der Waals surface area contributed by atoms with Gasteiger partial charge in [0.2, 0.25) is 11.8 Å².